The summed E-state index contributed by atoms with van der Waals surface area (Å²) in [5.74, 6) is -0.807. The van der Waals surface area contributed by atoms with Gasteiger partial charge in [0.15, 0.2) is 12.4 Å². The summed E-state index contributed by atoms with van der Waals surface area (Å²) in [4.78, 5) is 13.5. The summed E-state index contributed by atoms with van der Waals surface area (Å²) in [6.45, 7) is 0. The van der Waals surface area contributed by atoms with Crippen LogP contribution < -0.4 is 0 Å². The minimum absolute atomic E-state index is 0.807. The molecule has 1 unspecified atom stereocenters. The summed E-state index contributed by atoms with van der Waals surface area (Å²) in [7, 11) is 1.12. The number of hydrogen-bond donors (Lipinski definition) is 2. The molecule has 2 N–H and O–H groups in total. The van der Waals surface area contributed by atoms with Crippen molar-refractivity contribution in [2.24, 2.45) is 5.11 Å². The fourth-order valence-corrected chi connectivity index (χ4v) is 1.16. The lowest BCUT2D eigenvalue weighted by Gasteiger charge is -2.11. The van der Waals surface area contributed by atoms with Crippen LogP contribution in [0, 0.1) is 0 Å². The van der Waals surface area contributed by atoms with Crippen molar-refractivity contribution in [2.45, 2.75) is 24.5 Å². The Kier molecular flexibility index (Phi) is 3.26. The Morgan fingerprint density at radius 2 is 2.29 bits per heavy atom. The Morgan fingerprint density at radius 1 is 1.64 bits per heavy atom. The van der Waals surface area contributed by atoms with Gasteiger partial charge in [-0.3, -0.25) is 0 Å². The Morgan fingerprint density at radius 3 is 2.79 bits per heavy atom. The fraction of sp³-hybridized carbons (Fsp3) is 0.833. The molecule has 1 heterocycles. The van der Waals surface area contributed by atoms with Crippen molar-refractivity contribution in [2.75, 3.05) is 7.11 Å². The molecular formula is C6H9N3O5. The van der Waals surface area contributed by atoms with Crippen molar-refractivity contribution in [1.29, 1.82) is 0 Å². The van der Waals surface area contributed by atoms with Crippen molar-refractivity contribution < 1.29 is 24.5 Å². The Hall–Kier alpha value is -1.34. The van der Waals surface area contributed by atoms with Crippen LogP contribution in [-0.2, 0) is 14.3 Å². The number of methoxy groups -OCH3 is 1. The average molecular weight is 203 g/mol. The van der Waals surface area contributed by atoms with Gasteiger partial charge < -0.3 is 19.7 Å². The van der Waals surface area contributed by atoms with E-state index < -0.39 is 30.5 Å². The average Bonchev–Trinajstić information content (AvgIpc) is 2.45. The van der Waals surface area contributed by atoms with Gasteiger partial charge in [-0.15, -0.1) is 0 Å². The van der Waals surface area contributed by atoms with Crippen LogP contribution in [-0.4, -0.2) is 47.8 Å². The predicted molar refractivity (Wildman–Crippen MR) is 41.8 cm³/mol. The van der Waals surface area contributed by atoms with E-state index in [0.29, 0.717) is 0 Å². The Labute approximate surface area is 78.7 Å². The van der Waals surface area contributed by atoms with Crippen LogP contribution in [0.5, 0.6) is 0 Å². The summed E-state index contributed by atoms with van der Waals surface area (Å²) in [5, 5.41) is 21.5. The van der Waals surface area contributed by atoms with Crippen molar-refractivity contribution in [3.05, 3.63) is 10.4 Å². The van der Waals surface area contributed by atoms with Gasteiger partial charge in [0.05, 0.1) is 7.11 Å². The number of azide groups is 1. The van der Waals surface area contributed by atoms with E-state index in [1.807, 2.05) is 0 Å². The number of carbonyl (C=O) groups excluding carboxylic acids is 1. The monoisotopic (exact) mass is 203 g/mol. The SMILES string of the molecule is COC(=O)[C@H]1OC(O)[C@H](O)[C@@H]1N=[N+]=[N-]. The molecule has 0 aromatic rings. The van der Waals surface area contributed by atoms with Gasteiger partial charge in [-0.25, -0.2) is 4.79 Å². The molecule has 4 atom stereocenters. The number of carbonyl (C=O) groups is 1. The van der Waals surface area contributed by atoms with E-state index in [1.165, 1.54) is 0 Å². The zero-order valence-electron chi connectivity index (χ0n) is 7.27. The Bertz CT molecular complexity index is 277. The number of rotatable bonds is 2. The molecule has 0 aliphatic carbocycles. The highest BCUT2D eigenvalue weighted by atomic mass is 16.7. The molecule has 1 rings (SSSR count). The highest BCUT2D eigenvalue weighted by molar-refractivity contribution is 5.76. The summed E-state index contributed by atoms with van der Waals surface area (Å²) < 4.78 is 9.00. The minimum atomic E-state index is -1.55. The summed E-state index contributed by atoms with van der Waals surface area (Å²) in [5.41, 5.74) is 8.16. The molecule has 0 aromatic carbocycles. The van der Waals surface area contributed by atoms with Crippen molar-refractivity contribution in [1.82, 2.24) is 0 Å². The zero-order valence-corrected chi connectivity index (χ0v) is 7.27. The van der Waals surface area contributed by atoms with E-state index >= 15 is 0 Å². The minimum Gasteiger partial charge on any atom is -0.467 e. The smallest absolute Gasteiger partial charge is 0.335 e. The van der Waals surface area contributed by atoms with E-state index in [2.05, 4.69) is 19.5 Å². The summed E-state index contributed by atoms with van der Waals surface area (Å²) in [6, 6.07) is -1.16. The van der Waals surface area contributed by atoms with Crippen molar-refractivity contribution in [3.8, 4) is 0 Å². The third kappa shape index (κ3) is 1.78. The molecule has 0 aromatic heterocycles. The molecule has 8 nitrogen and oxygen atoms in total. The van der Waals surface area contributed by atoms with Gasteiger partial charge in [0.2, 0.25) is 0 Å². The maximum absolute atomic E-state index is 11.0. The molecule has 1 aliphatic rings. The molecule has 14 heavy (non-hydrogen) atoms. The highest BCUT2D eigenvalue weighted by Gasteiger charge is 2.46. The standard InChI is InChI=1S/C6H9N3O5/c1-13-6(12)4-2(8-9-7)3(10)5(11)14-4/h2-5,10-11H,1H3/t2-,3+,4-,5?/m0/s1. The first-order valence-electron chi connectivity index (χ1n) is 3.75. The topological polar surface area (TPSA) is 125 Å². The van der Waals surface area contributed by atoms with Crippen LogP contribution in [0.15, 0.2) is 5.11 Å². The van der Waals surface area contributed by atoms with Crippen molar-refractivity contribution in [3.63, 3.8) is 0 Å². The molecule has 0 radical (unpaired) electrons. The molecule has 78 valence electrons. The van der Waals surface area contributed by atoms with Crippen LogP contribution in [0.1, 0.15) is 0 Å². The predicted octanol–water partition coefficient (Wildman–Crippen LogP) is -1.08. The number of nitrogens with zero attached hydrogens (tertiary/aromatic N) is 3. The summed E-state index contributed by atoms with van der Waals surface area (Å²) >= 11 is 0. The largest absolute Gasteiger partial charge is 0.467 e. The van der Waals surface area contributed by atoms with E-state index in [1.54, 1.807) is 0 Å². The molecule has 0 spiro atoms. The van der Waals surface area contributed by atoms with Gasteiger partial charge in [-0.2, -0.15) is 0 Å². The van der Waals surface area contributed by atoms with E-state index in [4.69, 9.17) is 10.6 Å². The van der Waals surface area contributed by atoms with Crippen LogP contribution in [0.2, 0.25) is 0 Å². The lowest BCUT2D eigenvalue weighted by atomic mass is 10.1. The molecule has 1 fully saturated rings. The van der Waals surface area contributed by atoms with Gasteiger partial charge >= 0.3 is 5.97 Å². The molecule has 0 saturated carbocycles. The molecule has 0 bridgehead atoms. The molecular weight excluding hydrogens is 194 g/mol. The first kappa shape index (κ1) is 10.7. The van der Waals surface area contributed by atoms with E-state index in [0.717, 1.165) is 7.11 Å². The number of aliphatic hydroxyl groups is 2. The number of aliphatic hydroxyl groups excluding tert-OH is 2. The quantitative estimate of drug-likeness (QED) is 0.255. The van der Waals surface area contributed by atoms with Crippen LogP contribution in [0.3, 0.4) is 0 Å². The van der Waals surface area contributed by atoms with Gasteiger partial charge in [0, 0.05) is 4.91 Å². The van der Waals surface area contributed by atoms with Gasteiger partial charge in [-0.1, -0.05) is 5.11 Å². The first-order chi connectivity index (χ1) is 6.61. The molecule has 8 heteroatoms. The zero-order chi connectivity index (χ0) is 10.7. The third-order valence-corrected chi connectivity index (χ3v) is 1.86. The number of hydrogen-bond acceptors (Lipinski definition) is 6. The second-order valence-corrected chi connectivity index (χ2v) is 2.66. The molecule has 1 saturated heterocycles. The second kappa shape index (κ2) is 4.25. The first-order valence-corrected chi connectivity index (χ1v) is 3.75. The lowest BCUT2D eigenvalue weighted by Crippen LogP contribution is -2.35. The fourth-order valence-electron chi connectivity index (χ4n) is 1.16. The number of ether oxygens (including phenoxy) is 2. The maximum Gasteiger partial charge on any atom is 0.335 e. The van der Waals surface area contributed by atoms with Gasteiger partial charge in [0.1, 0.15) is 12.1 Å². The maximum atomic E-state index is 11.0. The summed E-state index contributed by atoms with van der Waals surface area (Å²) in [6.07, 6.45) is -4.23. The third-order valence-electron chi connectivity index (χ3n) is 1.86. The van der Waals surface area contributed by atoms with Crippen LogP contribution >= 0.6 is 0 Å². The molecule has 0 amide bonds. The van der Waals surface area contributed by atoms with E-state index in [-0.39, 0.29) is 0 Å². The van der Waals surface area contributed by atoms with Crippen molar-refractivity contribution >= 4 is 5.97 Å². The Balaban J connectivity index is 2.84. The van der Waals surface area contributed by atoms with Crippen LogP contribution in [0.4, 0.5) is 0 Å². The lowest BCUT2D eigenvalue weighted by molar-refractivity contribution is -0.167. The second-order valence-electron chi connectivity index (χ2n) is 2.66. The van der Waals surface area contributed by atoms with Gasteiger partial charge in [0.25, 0.3) is 0 Å². The van der Waals surface area contributed by atoms with E-state index in [9.17, 15) is 9.90 Å². The highest BCUT2D eigenvalue weighted by Crippen LogP contribution is 2.23. The van der Waals surface area contributed by atoms with Crippen LogP contribution in [0.25, 0.3) is 10.4 Å². The normalized spacial score (nSPS) is 36.2. The number of esters is 1. The van der Waals surface area contributed by atoms with Gasteiger partial charge in [-0.05, 0) is 5.53 Å². The molecule has 1 aliphatic heterocycles.